The normalized spacial score (nSPS) is 10.6. The van der Waals surface area contributed by atoms with Gasteiger partial charge in [0.1, 0.15) is 151 Å². The van der Waals surface area contributed by atoms with Crippen LogP contribution in [0.25, 0.3) is 0 Å². The van der Waals surface area contributed by atoms with E-state index in [1.165, 1.54) is 18.2 Å². The maximum atomic E-state index is 14.1. The molecule has 0 saturated carbocycles. The molecule has 24 N–H and O–H groups in total. The molecule has 12 aromatic rings. The van der Waals surface area contributed by atoms with Gasteiger partial charge in [0.25, 0.3) is 0 Å². The Labute approximate surface area is 689 Å². The summed E-state index contributed by atoms with van der Waals surface area (Å²) in [5, 5.41) is 59.8. The van der Waals surface area contributed by atoms with Gasteiger partial charge in [0.05, 0.1) is 5.56 Å². The van der Waals surface area contributed by atoms with Crippen LogP contribution in [0.15, 0.2) is 267 Å². The summed E-state index contributed by atoms with van der Waals surface area (Å²) >= 11 is 6.30. The zero-order chi connectivity index (χ0) is 85.7. The summed E-state index contributed by atoms with van der Waals surface area (Å²) in [6, 6.07) is 75.0. The van der Waals surface area contributed by atoms with Crippen molar-refractivity contribution in [1.29, 1.82) is 43.3 Å². The van der Waals surface area contributed by atoms with Gasteiger partial charge < -0.3 is 83.8 Å². The van der Waals surface area contributed by atoms with Crippen LogP contribution in [0.2, 0.25) is 5.02 Å². The molecule has 12 aromatic carbocycles. The molecule has 0 heterocycles. The van der Waals surface area contributed by atoms with E-state index in [1.54, 1.807) is 194 Å². The van der Waals surface area contributed by atoms with E-state index >= 15 is 0 Å². The van der Waals surface area contributed by atoms with E-state index in [1.807, 2.05) is 43.3 Å². The smallest absolute Gasteiger partial charge is 0.416 e. The minimum atomic E-state index is -4.53. The largest absolute Gasteiger partial charge is 0.489 e. The molecule has 0 spiro atoms. The summed E-state index contributed by atoms with van der Waals surface area (Å²) in [4.78, 5) is 0. The maximum absolute atomic E-state index is 14.1. The topological polar surface area (TPSA) is 473 Å². The molecule has 0 radical (unpaired) electrons. The number of amidine groups is 8. The number of hydrogen-bond acceptors (Lipinski definition) is 16. The van der Waals surface area contributed by atoms with Crippen LogP contribution in [0.1, 0.15) is 100 Å². The molecule has 0 aliphatic rings. The number of halogens is 5. The lowest BCUT2D eigenvalue weighted by Crippen LogP contribution is -2.12. The predicted octanol–water partition coefficient (Wildman–Crippen LogP) is 15.8. The van der Waals surface area contributed by atoms with Crippen molar-refractivity contribution in [2.75, 3.05) is 0 Å². The molecule has 0 saturated heterocycles. The zero-order valence-corrected chi connectivity index (χ0v) is 65.1. The summed E-state index contributed by atoms with van der Waals surface area (Å²) < 4.78 is 100. The fourth-order valence-corrected chi connectivity index (χ4v) is 11.1. The van der Waals surface area contributed by atoms with Crippen molar-refractivity contribution in [1.82, 2.24) is 0 Å². The highest BCUT2D eigenvalue weighted by Crippen LogP contribution is 2.34. The van der Waals surface area contributed by atoms with E-state index in [9.17, 15) is 17.6 Å². The van der Waals surface area contributed by atoms with Gasteiger partial charge in [-0.1, -0.05) is 41.9 Å². The number of hydrogen-bond donors (Lipinski definition) is 16. The maximum Gasteiger partial charge on any atom is 0.416 e. The van der Waals surface area contributed by atoms with E-state index in [2.05, 4.69) is 12.1 Å². The van der Waals surface area contributed by atoms with Gasteiger partial charge >= 0.3 is 6.18 Å². The second-order valence-electron chi connectivity index (χ2n) is 26.4. The molecule has 0 aliphatic heterocycles. The molecule has 0 aromatic heterocycles. The summed E-state index contributed by atoms with van der Waals surface area (Å²) in [6.45, 7) is 3.67. The van der Waals surface area contributed by atoms with E-state index in [-0.39, 0.29) is 84.5 Å². The predicted molar refractivity (Wildman–Crippen MR) is 455 cm³/mol. The monoisotopic (exact) mass is 1630 g/mol. The van der Waals surface area contributed by atoms with Gasteiger partial charge in [-0.05, 0) is 277 Å². The van der Waals surface area contributed by atoms with E-state index in [0.717, 1.165) is 50.9 Å². The lowest BCUT2D eigenvalue weighted by Gasteiger charge is -2.16. The third-order valence-electron chi connectivity index (χ3n) is 17.6. The number of nitrogens with one attached hydrogen (secondary N) is 8. The number of ether oxygens (including phenoxy) is 8. The average molecular weight is 1630 g/mol. The number of nitrogen functional groups attached to an aromatic ring is 8. The van der Waals surface area contributed by atoms with E-state index in [4.69, 9.17) is 139 Å². The third-order valence-corrected chi connectivity index (χ3v) is 18.0. The van der Waals surface area contributed by atoms with Crippen molar-refractivity contribution in [2.45, 2.75) is 66.0 Å². The van der Waals surface area contributed by atoms with Crippen LogP contribution in [0.5, 0.6) is 46.0 Å². The van der Waals surface area contributed by atoms with Crippen LogP contribution in [0.3, 0.4) is 0 Å². The highest BCUT2D eigenvalue weighted by molar-refractivity contribution is 6.31. The minimum absolute atomic E-state index is 0.00402. The number of nitrogens with two attached hydrogens (primary N) is 8. The summed E-state index contributed by atoms with van der Waals surface area (Å²) in [7, 11) is 0. The molecule has 12 rings (SSSR count). The van der Waals surface area contributed by atoms with Gasteiger partial charge in [-0.3, -0.25) is 43.3 Å². The van der Waals surface area contributed by atoms with Crippen LogP contribution in [-0.2, 0) is 59.0 Å². The van der Waals surface area contributed by atoms with E-state index in [0.29, 0.717) is 122 Å². The quantitative estimate of drug-likeness (QED) is 0.0106. The standard InChI is InChI=1S/C23H21F3N4O2.C23H24N4O2.C22H21ClN4O2.C22H21FN4O2/c24-23(25,26)20-10-1-14(12-31-18-6-2-15(3-7-18)21(27)28)11-17(20)13-32-19-8-4-16(5-9-19)22(29)30;1-15-2-3-16(13-28-20-8-4-17(5-9-20)22(24)25)12-19(15)14-29-21-10-6-18(7-11-21)23(26)27;2*23-20-10-1-14(12-28-18-6-2-15(3-7-18)21(24)25)11-17(20)13-29-19-8-4-16(5-9-19)22(26)27/h1-11H,12-13H2,(H3,27,28)(H3,29,30);2-12H,13-14H2,1H3,(H3,24,25)(H3,26,27);2*1-11H,12-13H2,(H3,24,25)(H3,26,27). The first kappa shape index (κ1) is 87.8. The Hall–Kier alpha value is -15.2. The Morgan fingerprint density at radius 2 is 0.462 bits per heavy atom. The van der Waals surface area contributed by atoms with Crippen molar-refractivity contribution in [3.05, 3.63) is 378 Å². The van der Waals surface area contributed by atoms with Crippen molar-refractivity contribution in [3.63, 3.8) is 0 Å². The molecule has 0 unspecified atom stereocenters. The van der Waals surface area contributed by atoms with Crippen molar-refractivity contribution >= 4 is 58.3 Å². The Balaban J connectivity index is 0.000000181. The molecule has 610 valence electrons. The van der Waals surface area contributed by atoms with Crippen LogP contribution in [0, 0.1) is 56.0 Å². The van der Waals surface area contributed by atoms with Crippen LogP contribution in [-0.4, -0.2) is 46.7 Å². The highest BCUT2D eigenvalue weighted by Gasteiger charge is 2.33. The SMILES string of the molecule is Cc1ccc(COc2ccc(C(=N)N)cc2)cc1COc1ccc(C(=N)N)cc1.N=C(N)c1ccc(OCc2ccc(C(F)(F)F)c(COc3ccc(C(=N)N)cc3)c2)cc1.N=C(N)c1ccc(OCc2ccc(Cl)c(COc3ccc(C(=N)N)cc3)c2)cc1.N=C(N)c1ccc(OCc2ccc(F)c(COc3ccc(C(=N)N)cc3)c2)cc1. The first-order chi connectivity index (χ1) is 56.9. The Bertz CT molecular complexity index is 5140. The Morgan fingerprint density at radius 3 is 0.731 bits per heavy atom. The molecule has 0 atom stereocenters. The van der Waals surface area contributed by atoms with Crippen LogP contribution in [0.4, 0.5) is 17.6 Å². The van der Waals surface area contributed by atoms with Crippen molar-refractivity contribution < 1.29 is 55.5 Å². The van der Waals surface area contributed by atoms with Gasteiger partial charge in [-0.25, -0.2) is 4.39 Å². The molecular formula is C90H87ClF4N16O8. The minimum Gasteiger partial charge on any atom is -0.489 e. The average Bonchev–Trinajstić information content (AvgIpc) is 0.810. The third kappa shape index (κ3) is 27.5. The molecule has 0 amide bonds. The Morgan fingerprint density at radius 1 is 0.261 bits per heavy atom. The molecule has 0 aliphatic carbocycles. The molecule has 29 heteroatoms. The number of benzene rings is 12. The summed E-state index contributed by atoms with van der Waals surface area (Å²) in [5.74, 6) is 4.39. The zero-order valence-electron chi connectivity index (χ0n) is 64.3. The number of alkyl halides is 3. The van der Waals surface area contributed by atoms with Gasteiger partial charge in [0.2, 0.25) is 0 Å². The van der Waals surface area contributed by atoms with Gasteiger partial charge in [0, 0.05) is 66.2 Å². The molecular weight excluding hydrogens is 1540 g/mol. The highest BCUT2D eigenvalue weighted by atomic mass is 35.5. The van der Waals surface area contributed by atoms with Crippen LogP contribution >= 0.6 is 11.6 Å². The fourth-order valence-electron chi connectivity index (χ4n) is 10.9. The summed E-state index contributed by atoms with van der Waals surface area (Å²) in [6.07, 6.45) is -4.53. The lowest BCUT2D eigenvalue weighted by molar-refractivity contribution is -0.138. The molecule has 0 fully saturated rings. The molecule has 119 heavy (non-hydrogen) atoms. The van der Waals surface area contributed by atoms with E-state index < -0.39 is 11.7 Å². The van der Waals surface area contributed by atoms with Crippen molar-refractivity contribution in [3.8, 4) is 46.0 Å². The molecule has 0 bridgehead atoms. The fraction of sp³-hybridized carbons (Fsp3) is 0.111. The number of aryl methyl sites for hydroxylation is 1. The van der Waals surface area contributed by atoms with Crippen LogP contribution < -0.4 is 83.8 Å². The lowest BCUT2D eigenvalue weighted by atomic mass is 10.0. The first-order valence-electron chi connectivity index (χ1n) is 36.3. The second kappa shape index (κ2) is 42.3. The van der Waals surface area contributed by atoms with Gasteiger partial charge in [0.15, 0.2) is 0 Å². The van der Waals surface area contributed by atoms with Gasteiger partial charge in [-0.15, -0.1) is 0 Å². The van der Waals surface area contributed by atoms with Crippen molar-refractivity contribution in [2.24, 2.45) is 45.9 Å². The second-order valence-corrected chi connectivity index (χ2v) is 26.8. The number of rotatable bonds is 32. The Kier molecular flexibility index (Phi) is 31.2. The summed E-state index contributed by atoms with van der Waals surface area (Å²) in [5.41, 5.74) is 54.4. The van der Waals surface area contributed by atoms with Gasteiger partial charge in [-0.2, -0.15) is 13.2 Å². The first-order valence-corrected chi connectivity index (χ1v) is 36.7. The molecule has 24 nitrogen and oxygen atoms in total.